The van der Waals surface area contributed by atoms with Gasteiger partial charge in [0.15, 0.2) is 0 Å². The van der Waals surface area contributed by atoms with Gasteiger partial charge in [-0.05, 0) is 44.4 Å². The Morgan fingerprint density at radius 1 is 1.31 bits per heavy atom. The summed E-state index contributed by atoms with van der Waals surface area (Å²) in [6.45, 7) is 4.94. The number of nitrogens with zero attached hydrogens (tertiary/aromatic N) is 3. The predicted octanol–water partition coefficient (Wildman–Crippen LogP) is 3.51. The van der Waals surface area contributed by atoms with E-state index in [1.807, 2.05) is 30.0 Å². The van der Waals surface area contributed by atoms with Gasteiger partial charge in [-0.3, -0.25) is 9.48 Å². The van der Waals surface area contributed by atoms with Gasteiger partial charge in [0.1, 0.15) is 5.56 Å². The minimum Gasteiger partial charge on any atom is -0.478 e. The smallest absolute Gasteiger partial charge is 0.339 e. The maximum absolute atomic E-state index is 12.8. The molecule has 7 heteroatoms. The molecule has 138 valence electrons. The summed E-state index contributed by atoms with van der Waals surface area (Å²) < 4.78 is 1.78. The van der Waals surface area contributed by atoms with Crippen LogP contribution in [-0.2, 0) is 4.79 Å². The number of aromatic carboxylic acids is 1. The molecule has 0 aliphatic carbocycles. The highest BCUT2D eigenvalue weighted by molar-refractivity contribution is 6.30. The molecule has 0 spiro atoms. The number of carboxylic acid groups (broad SMARTS) is 1. The van der Waals surface area contributed by atoms with Crippen molar-refractivity contribution in [2.45, 2.75) is 38.6 Å². The largest absolute Gasteiger partial charge is 0.478 e. The number of aromatic nitrogens is 2. The van der Waals surface area contributed by atoms with Crippen LogP contribution in [0, 0.1) is 6.92 Å². The van der Waals surface area contributed by atoms with Gasteiger partial charge in [0.25, 0.3) is 0 Å². The van der Waals surface area contributed by atoms with Crippen molar-refractivity contribution in [1.82, 2.24) is 14.7 Å². The lowest BCUT2D eigenvalue weighted by Gasteiger charge is -2.34. The number of rotatable bonds is 4. The number of likely N-dealkylation sites (tertiary alicyclic amines) is 1. The highest BCUT2D eigenvalue weighted by atomic mass is 35.5. The summed E-state index contributed by atoms with van der Waals surface area (Å²) in [6.07, 6.45) is 2.92. The van der Waals surface area contributed by atoms with Gasteiger partial charge in [-0.1, -0.05) is 23.7 Å². The lowest BCUT2D eigenvalue weighted by molar-refractivity contribution is -0.133. The Hall–Kier alpha value is -2.34. The first-order valence-electron chi connectivity index (χ1n) is 8.70. The molecule has 1 fully saturated rings. The molecule has 1 saturated heterocycles. The number of halogens is 1. The third kappa shape index (κ3) is 3.60. The lowest BCUT2D eigenvalue weighted by atomic mass is 9.97. The van der Waals surface area contributed by atoms with Gasteiger partial charge in [-0.2, -0.15) is 5.10 Å². The second-order valence-electron chi connectivity index (χ2n) is 6.73. The number of amides is 1. The Kier molecular flexibility index (Phi) is 5.32. The van der Waals surface area contributed by atoms with Crippen molar-refractivity contribution in [1.29, 1.82) is 0 Å². The standard InChI is InChI=1S/C19H22ClN3O3/c1-12(14-4-3-5-15(20)10-14)18(24)22-8-6-16(7-9-22)23-13(2)17(11-21-23)19(25)26/h3-5,10-12,16H,6-9H2,1-2H3,(H,25,26). The van der Waals surface area contributed by atoms with Crippen molar-refractivity contribution in [3.05, 3.63) is 52.3 Å². The maximum Gasteiger partial charge on any atom is 0.339 e. The summed E-state index contributed by atoms with van der Waals surface area (Å²) >= 11 is 6.03. The Morgan fingerprint density at radius 2 is 2.00 bits per heavy atom. The van der Waals surface area contributed by atoms with Crippen LogP contribution in [0.5, 0.6) is 0 Å². The number of piperidine rings is 1. The summed E-state index contributed by atoms with van der Waals surface area (Å²) in [5, 5.41) is 14.0. The van der Waals surface area contributed by atoms with E-state index in [0.717, 1.165) is 18.4 Å². The van der Waals surface area contributed by atoms with Gasteiger partial charge in [0, 0.05) is 18.1 Å². The number of carboxylic acids is 1. The van der Waals surface area contributed by atoms with Gasteiger partial charge < -0.3 is 10.0 Å². The number of hydrogen-bond acceptors (Lipinski definition) is 3. The highest BCUT2D eigenvalue weighted by Crippen LogP contribution is 2.28. The summed E-state index contributed by atoms with van der Waals surface area (Å²) in [6, 6.07) is 7.52. The molecule has 3 rings (SSSR count). The molecule has 26 heavy (non-hydrogen) atoms. The van der Waals surface area contributed by atoms with Crippen molar-refractivity contribution in [2.24, 2.45) is 0 Å². The van der Waals surface area contributed by atoms with Crippen molar-refractivity contribution in [2.75, 3.05) is 13.1 Å². The zero-order valence-corrected chi connectivity index (χ0v) is 15.6. The highest BCUT2D eigenvalue weighted by Gasteiger charge is 2.29. The van der Waals surface area contributed by atoms with Crippen LogP contribution in [0.3, 0.4) is 0 Å². The van der Waals surface area contributed by atoms with Crippen LogP contribution in [0.25, 0.3) is 0 Å². The summed E-state index contributed by atoms with van der Waals surface area (Å²) in [4.78, 5) is 25.8. The van der Waals surface area contributed by atoms with Crippen LogP contribution in [0.1, 0.15) is 53.3 Å². The lowest BCUT2D eigenvalue weighted by Crippen LogP contribution is -2.41. The first-order chi connectivity index (χ1) is 12.4. The number of hydrogen-bond donors (Lipinski definition) is 1. The summed E-state index contributed by atoms with van der Waals surface area (Å²) in [5.74, 6) is -1.11. The van der Waals surface area contributed by atoms with Crippen LogP contribution in [0.2, 0.25) is 5.02 Å². The fraction of sp³-hybridized carbons (Fsp3) is 0.421. The van der Waals surface area contributed by atoms with Crippen molar-refractivity contribution in [3.63, 3.8) is 0 Å². The van der Waals surface area contributed by atoms with Crippen LogP contribution in [0.15, 0.2) is 30.5 Å². The fourth-order valence-electron chi connectivity index (χ4n) is 3.52. The Balaban J connectivity index is 1.65. The molecule has 1 unspecified atom stereocenters. The van der Waals surface area contributed by atoms with Gasteiger partial charge in [0.2, 0.25) is 5.91 Å². The molecule has 0 bridgehead atoms. The van der Waals surface area contributed by atoms with Crippen LogP contribution in [-0.4, -0.2) is 44.8 Å². The number of benzene rings is 1. The van der Waals surface area contributed by atoms with Crippen molar-refractivity contribution in [3.8, 4) is 0 Å². The third-order valence-electron chi connectivity index (χ3n) is 5.12. The second kappa shape index (κ2) is 7.50. The molecule has 1 aromatic heterocycles. The first-order valence-corrected chi connectivity index (χ1v) is 9.08. The summed E-state index contributed by atoms with van der Waals surface area (Å²) in [5.41, 5.74) is 1.81. The van der Waals surface area contributed by atoms with E-state index in [-0.39, 0.29) is 23.4 Å². The average molecular weight is 376 g/mol. The van der Waals surface area contributed by atoms with Gasteiger partial charge in [0.05, 0.1) is 23.9 Å². The van der Waals surface area contributed by atoms with Crippen LogP contribution in [0.4, 0.5) is 0 Å². The van der Waals surface area contributed by atoms with E-state index < -0.39 is 5.97 Å². The molecular weight excluding hydrogens is 354 g/mol. The molecule has 6 nitrogen and oxygen atoms in total. The van der Waals surface area contributed by atoms with Crippen LogP contribution < -0.4 is 0 Å². The molecular formula is C19H22ClN3O3. The van der Waals surface area contributed by atoms with Crippen molar-refractivity contribution < 1.29 is 14.7 Å². The van der Waals surface area contributed by atoms with Gasteiger partial charge in [-0.15, -0.1) is 0 Å². The van der Waals surface area contributed by atoms with E-state index in [9.17, 15) is 9.59 Å². The van der Waals surface area contributed by atoms with Gasteiger partial charge >= 0.3 is 5.97 Å². The molecule has 2 aromatic rings. The molecule has 1 N–H and O–H groups in total. The van der Waals surface area contributed by atoms with E-state index in [4.69, 9.17) is 16.7 Å². The van der Waals surface area contributed by atoms with E-state index in [1.165, 1.54) is 6.20 Å². The molecule has 1 amide bonds. The third-order valence-corrected chi connectivity index (χ3v) is 5.35. The van der Waals surface area contributed by atoms with E-state index in [2.05, 4.69) is 5.10 Å². The minimum atomic E-state index is -0.961. The predicted molar refractivity (Wildman–Crippen MR) is 98.6 cm³/mol. The molecule has 1 aliphatic rings. The van der Waals surface area contributed by atoms with Crippen molar-refractivity contribution >= 4 is 23.5 Å². The molecule has 1 aromatic carbocycles. The van der Waals surface area contributed by atoms with E-state index in [0.29, 0.717) is 23.8 Å². The fourth-order valence-corrected chi connectivity index (χ4v) is 3.72. The average Bonchev–Trinajstić information content (AvgIpc) is 3.02. The molecule has 0 radical (unpaired) electrons. The Labute approximate surface area is 157 Å². The first kappa shape index (κ1) is 18.5. The molecule has 1 atom stereocenters. The monoisotopic (exact) mass is 375 g/mol. The van der Waals surface area contributed by atoms with Crippen LogP contribution >= 0.6 is 11.6 Å². The normalized spacial score (nSPS) is 16.5. The number of carbonyl (C=O) groups is 2. The maximum atomic E-state index is 12.8. The molecule has 0 saturated carbocycles. The Morgan fingerprint density at radius 3 is 2.58 bits per heavy atom. The SMILES string of the molecule is Cc1c(C(=O)O)cnn1C1CCN(C(=O)C(C)c2cccc(Cl)c2)CC1. The Bertz CT molecular complexity index is 825. The van der Waals surface area contributed by atoms with E-state index in [1.54, 1.807) is 17.7 Å². The minimum absolute atomic E-state index is 0.0918. The molecule has 2 heterocycles. The summed E-state index contributed by atoms with van der Waals surface area (Å²) in [7, 11) is 0. The second-order valence-corrected chi connectivity index (χ2v) is 7.16. The topological polar surface area (TPSA) is 75.4 Å². The quantitative estimate of drug-likeness (QED) is 0.887. The van der Waals surface area contributed by atoms with Gasteiger partial charge in [-0.25, -0.2) is 4.79 Å². The molecule has 1 aliphatic heterocycles. The zero-order valence-electron chi connectivity index (χ0n) is 14.9. The van der Waals surface area contributed by atoms with E-state index >= 15 is 0 Å². The number of carbonyl (C=O) groups excluding carboxylic acids is 1. The zero-order chi connectivity index (χ0) is 18.8.